The molecule has 25 heavy (non-hydrogen) atoms. The van der Waals surface area contributed by atoms with Gasteiger partial charge in [-0.15, -0.1) is 0 Å². The Kier molecular flexibility index (Phi) is 3.50. The number of aliphatic carboxylic acids is 1. The van der Waals surface area contributed by atoms with Crippen molar-refractivity contribution in [2.75, 3.05) is 10.8 Å². The van der Waals surface area contributed by atoms with E-state index in [1.807, 2.05) is 0 Å². The number of H-pyrrole nitrogens is 1. The average Bonchev–Trinajstić information content (AvgIpc) is 3.17. The molecule has 0 amide bonds. The molecule has 8 heteroatoms. The van der Waals surface area contributed by atoms with Crippen molar-refractivity contribution in [3.05, 3.63) is 54.4 Å². The number of hydrogen-bond acceptors (Lipinski definition) is 4. The second-order valence-corrected chi connectivity index (χ2v) is 7.77. The average molecular weight is 357 g/mol. The highest BCUT2D eigenvalue weighted by Crippen LogP contribution is 2.41. The van der Waals surface area contributed by atoms with Crippen molar-refractivity contribution in [3.63, 3.8) is 0 Å². The molecule has 0 spiro atoms. The van der Waals surface area contributed by atoms with E-state index in [1.165, 1.54) is 10.5 Å². The molecule has 0 saturated carbocycles. The molecule has 1 aliphatic heterocycles. The van der Waals surface area contributed by atoms with Crippen LogP contribution < -0.4 is 4.31 Å². The van der Waals surface area contributed by atoms with Gasteiger partial charge in [-0.25, -0.2) is 13.4 Å². The second-order valence-electron chi connectivity index (χ2n) is 5.94. The van der Waals surface area contributed by atoms with Gasteiger partial charge in [0, 0.05) is 30.2 Å². The van der Waals surface area contributed by atoms with Gasteiger partial charge in [-0.05, 0) is 23.8 Å². The molecular weight excluding hydrogens is 342 g/mol. The number of aromatic amines is 1. The third-order valence-corrected chi connectivity index (χ3v) is 6.25. The molecule has 0 aliphatic carbocycles. The maximum atomic E-state index is 13.2. The molecule has 1 aromatic carbocycles. The molecular formula is C17H15N3O4S. The number of anilines is 1. The van der Waals surface area contributed by atoms with Crippen LogP contribution in [0.15, 0.2) is 53.7 Å². The predicted molar refractivity (Wildman–Crippen MR) is 92.1 cm³/mol. The monoisotopic (exact) mass is 357 g/mol. The predicted octanol–water partition coefficient (Wildman–Crippen LogP) is 2.33. The summed E-state index contributed by atoms with van der Waals surface area (Å²) in [5, 5.41) is 9.65. The zero-order chi connectivity index (χ0) is 17.6. The number of para-hydroxylation sites is 1. The van der Waals surface area contributed by atoms with Crippen LogP contribution in [0.5, 0.6) is 0 Å². The normalized spacial score (nSPS) is 17.0. The second kappa shape index (κ2) is 5.59. The highest BCUT2D eigenvalue weighted by molar-refractivity contribution is 7.93. The molecule has 3 aromatic rings. The van der Waals surface area contributed by atoms with E-state index in [4.69, 9.17) is 5.11 Å². The van der Waals surface area contributed by atoms with Crippen LogP contribution in [-0.2, 0) is 14.8 Å². The fourth-order valence-electron chi connectivity index (χ4n) is 3.33. The minimum atomic E-state index is -3.83. The Morgan fingerprint density at radius 1 is 1.28 bits per heavy atom. The van der Waals surface area contributed by atoms with Crippen molar-refractivity contribution in [1.82, 2.24) is 9.97 Å². The molecule has 0 bridgehead atoms. The molecule has 3 heterocycles. The van der Waals surface area contributed by atoms with Crippen LogP contribution in [0.3, 0.4) is 0 Å². The lowest BCUT2D eigenvalue weighted by atomic mass is 9.98. The van der Waals surface area contributed by atoms with E-state index in [-0.39, 0.29) is 23.8 Å². The van der Waals surface area contributed by atoms with Crippen LogP contribution in [0.25, 0.3) is 11.0 Å². The molecule has 128 valence electrons. The van der Waals surface area contributed by atoms with Crippen molar-refractivity contribution in [2.45, 2.75) is 17.2 Å². The minimum Gasteiger partial charge on any atom is -0.481 e. The number of sulfonamides is 1. The first-order chi connectivity index (χ1) is 12.0. The molecule has 1 unspecified atom stereocenters. The summed E-state index contributed by atoms with van der Waals surface area (Å²) in [6.07, 6.45) is 2.90. The Balaban J connectivity index is 1.82. The summed E-state index contributed by atoms with van der Waals surface area (Å²) in [6, 6.07) is 10.4. The van der Waals surface area contributed by atoms with E-state index < -0.39 is 16.0 Å². The number of rotatable bonds is 4. The number of nitrogens with one attached hydrogen (secondary N) is 1. The van der Waals surface area contributed by atoms with Gasteiger partial charge in [0.2, 0.25) is 0 Å². The topological polar surface area (TPSA) is 103 Å². The van der Waals surface area contributed by atoms with Crippen molar-refractivity contribution < 1.29 is 18.3 Å². The molecule has 0 radical (unpaired) electrons. The van der Waals surface area contributed by atoms with Gasteiger partial charge in [0.25, 0.3) is 10.0 Å². The summed E-state index contributed by atoms with van der Waals surface area (Å²) in [5.74, 6) is -1.32. The Morgan fingerprint density at radius 3 is 2.88 bits per heavy atom. The molecule has 1 aliphatic rings. The van der Waals surface area contributed by atoms with E-state index in [0.717, 1.165) is 5.56 Å². The van der Waals surface area contributed by atoms with Crippen LogP contribution >= 0.6 is 0 Å². The maximum Gasteiger partial charge on any atom is 0.304 e. The van der Waals surface area contributed by atoms with Gasteiger partial charge in [0.05, 0.1) is 12.1 Å². The SMILES string of the molecule is O=C(O)CC1CN(S(=O)(=O)c2c[nH]c3ncccc23)c2ccccc21. The van der Waals surface area contributed by atoms with E-state index in [1.54, 1.807) is 42.6 Å². The van der Waals surface area contributed by atoms with E-state index in [0.29, 0.717) is 16.7 Å². The van der Waals surface area contributed by atoms with Gasteiger partial charge in [0.1, 0.15) is 10.5 Å². The van der Waals surface area contributed by atoms with E-state index in [2.05, 4.69) is 9.97 Å². The van der Waals surface area contributed by atoms with Crippen LogP contribution in [0.4, 0.5) is 5.69 Å². The fraction of sp³-hybridized carbons (Fsp3) is 0.176. The molecule has 4 rings (SSSR count). The van der Waals surface area contributed by atoms with E-state index >= 15 is 0 Å². The van der Waals surface area contributed by atoms with Crippen molar-refractivity contribution in [2.24, 2.45) is 0 Å². The van der Waals surface area contributed by atoms with Crippen LogP contribution in [0.1, 0.15) is 17.9 Å². The molecule has 1 atom stereocenters. The largest absolute Gasteiger partial charge is 0.481 e. The van der Waals surface area contributed by atoms with Gasteiger partial charge >= 0.3 is 5.97 Å². The van der Waals surface area contributed by atoms with Crippen LogP contribution in [-0.4, -0.2) is 36.0 Å². The van der Waals surface area contributed by atoms with Gasteiger partial charge in [0.15, 0.2) is 0 Å². The van der Waals surface area contributed by atoms with Crippen LogP contribution in [0, 0.1) is 0 Å². The lowest BCUT2D eigenvalue weighted by molar-refractivity contribution is -0.137. The molecule has 0 fully saturated rings. The number of carboxylic acids is 1. The molecule has 2 N–H and O–H groups in total. The maximum absolute atomic E-state index is 13.2. The third-order valence-electron chi connectivity index (χ3n) is 4.43. The lowest BCUT2D eigenvalue weighted by Crippen LogP contribution is -2.30. The first kappa shape index (κ1) is 15.6. The number of nitrogens with zero attached hydrogens (tertiary/aromatic N) is 2. The Hall–Kier alpha value is -2.87. The van der Waals surface area contributed by atoms with Crippen molar-refractivity contribution >= 4 is 32.7 Å². The summed E-state index contributed by atoms with van der Waals surface area (Å²) >= 11 is 0. The number of hydrogen-bond donors (Lipinski definition) is 2. The van der Waals surface area contributed by atoms with Crippen LogP contribution in [0.2, 0.25) is 0 Å². The smallest absolute Gasteiger partial charge is 0.304 e. The zero-order valence-corrected chi connectivity index (χ0v) is 13.9. The highest BCUT2D eigenvalue weighted by atomic mass is 32.2. The minimum absolute atomic E-state index is 0.112. The summed E-state index contributed by atoms with van der Waals surface area (Å²) in [4.78, 5) is 18.3. The fourth-order valence-corrected chi connectivity index (χ4v) is 5.02. The summed E-state index contributed by atoms with van der Waals surface area (Å²) in [7, 11) is -3.83. The molecule has 7 nitrogen and oxygen atoms in total. The summed E-state index contributed by atoms with van der Waals surface area (Å²) < 4.78 is 27.8. The Bertz CT molecular complexity index is 1070. The van der Waals surface area contributed by atoms with Gasteiger partial charge in [-0.3, -0.25) is 9.10 Å². The number of carbonyl (C=O) groups is 1. The summed E-state index contributed by atoms with van der Waals surface area (Å²) in [6.45, 7) is 0.112. The lowest BCUT2D eigenvalue weighted by Gasteiger charge is -2.19. The number of fused-ring (bicyclic) bond motifs is 2. The van der Waals surface area contributed by atoms with Crippen molar-refractivity contribution in [1.29, 1.82) is 0 Å². The first-order valence-corrected chi connectivity index (χ1v) is 9.18. The number of carboxylic acid groups (broad SMARTS) is 1. The van der Waals surface area contributed by atoms with Gasteiger partial charge in [-0.1, -0.05) is 18.2 Å². The van der Waals surface area contributed by atoms with E-state index in [9.17, 15) is 13.2 Å². The first-order valence-electron chi connectivity index (χ1n) is 7.74. The van der Waals surface area contributed by atoms with Gasteiger partial charge < -0.3 is 10.1 Å². The van der Waals surface area contributed by atoms with Crippen molar-refractivity contribution in [3.8, 4) is 0 Å². The quantitative estimate of drug-likeness (QED) is 0.746. The number of pyridine rings is 1. The Morgan fingerprint density at radius 2 is 2.08 bits per heavy atom. The van der Waals surface area contributed by atoms with Gasteiger partial charge in [-0.2, -0.15) is 0 Å². The number of aromatic nitrogens is 2. The summed E-state index contributed by atoms with van der Waals surface area (Å²) in [5.41, 5.74) is 1.77. The Labute approximate surface area is 144 Å². The highest BCUT2D eigenvalue weighted by Gasteiger charge is 2.38. The third kappa shape index (κ3) is 2.45. The standard InChI is InChI=1S/C17H15N3O4S/c21-16(22)8-11-10-20(14-6-2-1-4-12(11)14)25(23,24)15-9-19-17-13(15)5-3-7-18-17/h1-7,9,11H,8,10H2,(H,18,19)(H,21,22). The molecule has 0 saturated heterocycles. The zero-order valence-electron chi connectivity index (χ0n) is 13.1. The molecule has 2 aromatic heterocycles. The number of benzene rings is 1.